The van der Waals surface area contributed by atoms with Crippen molar-refractivity contribution in [3.8, 4) is 11.4 Å². The Kier molecular flexibility index (Phi) is 5.17. The first-order valence-corrected chi connectivity index (χ1v) is 8.90. The molecule has 5 nitrogen and oxygen atoms in total. The zero-order chi connectivity index (χ0) is 16.9. The molecule has 0 aliphatic carbocycles. The van der Waals surface area contributed by atoms with Crippen LogP contribution < -0.4 is 5.32 Å². The summed E-state index contributed by atoms with van der Waals surface area (Å²) in [7, 11) is 0. The number of anilines is 1. The molecule has 2 heterocycles. The van der Waals surface area contributed by atoms with Crippen LogP contribution in [0.5, 0.6) is 0 Å². The van der Waals surface area contributed by atoms with Crippen LogP contribution >= 0.6 is 23.1 Å². The third-order valence-electron chi connectivity index (χ3n) is 2.94. The highest BCUT2D eigenvalue weighted by Gasteiger charge is 2.09. The fraction of sp³-hybridized carbons (Fsp3) is 0.125. The molecule has 2 aromatic heterocycles. The molecule has 0 atom stereocenters. The van der Waals surface area contributed by atoms with Crippen molar-refractivity contribution >= 4 is 34.1 Å². The van der Waals surface area contributed by atoms with Crippen LogP contribution in [0.1, 0.15) is 5.69 Å². The first-order valence-electron chi connectivity index (χ1n) is 7.04. The van der Waals surface area contributed by atoms with E-state index in [4.69, 9.17) is 0 Å². The van der Waals surface area contributed by atoms with Gasteiger partial charge in [0.05, 0.1) is 5.75 Å². The van der Waals surface area contributed by atoms with E-state index in [0.29, 0.717) is 21.5 Å². The van der Waals surface area contributed by atoms with Crippen molar-refractivity contribution < 1.29 is 9.18 Å². The predicted molar refractivity (Wildman–Crippen MR) is 93.6 cm³/mol. The summed E-state index contributed by atoms with van der Waals surface area (Å²) in [6.07, 6.45) is 1.63. The van der Waals surface area contributed by atoms with E-state index in [0.717, 1.165) is 5.69 Å². The van der Waals surface area contributed by atoms with Gasteiger partial charge in [-0.2, -0.15) is 0 Å². The summed E-state index contributed by atoms with van der Waals surface area (Å²) in [5.41, 5.74) is 1.36. The summed E-state index contributed by atoms with van der Waals surface area (Å²) >= 11 is 2.66. The molecule has 0 saturated carbocycles. The number of thiazole rings is 1. The third-order valence-corrected chi connectivity index (χ3v) is 4.54. The van der Waals surface area contributed by atoms with Crippen molar-refractivity contribution in [1.82, 2.24) is 15.0 Å². The van der Waals surface area contributed by atoms with Crippen LogP contribution in [0, 0.1) is 12.7 Å². The fourth-order valence-electron chi connectivity index (χ4n) is 1.95. The largest absolute Gasteiger partial charge is 0.301 e. The first kappa shape index (κ1) is 16.5. The van der Waals surface area contributed by atoms with Crippen molar-refractivity contribution in [2.45, 2.75) is 11.9 Å². The van der Waals surface area contributed by atoms with Gasteiger partial charge in [-0.3, -0.25) is 4.79 Å². The minimum Gasteiger partial charge on any atom is -0.301 e. The molecule has 122 valence electrons. The van der Waals surface area contributed by atoms with Gasteiger partial charge in [-0.15, -0.1) is 11.3 Å². The van der Waals surface area contributed by atoms with E-state index < -0.39 is 0 Å². The van der Waals surface area contributed by atoms with Gasteiger partial charge in [0.1, 0.15) is 10.8 Å². The average molecular weight is 360 g/mol. The van der Waals surface area contributed by atoms with E-state index >= 15 is 0 Å². The third kappa shape index (κ3) is 4.36. The molecule has 1 aromatic carbocycles. The van der Waals surface area contributed by atoms with E-state index in [2.05, 4.69) is 20.3 Å². The summed E-state index contributed by atoms with van der Waals surface area (Å²) in [6.45, 7) is 1.84. The second-order valence-electron chi connectivity index (χ2n) is 4.86. The van der Waals surface area contributed by atoms with E-state index in [9.17, 15) is 9.18 Å². The Balaban J connectivity index is 1.71. The number of carbonyl (C=O) groups is 1. The first-order chi connectivity index (χ1) is 11.6. The molecule has 0 spiro atoms. The van der Waals surface area contributed by atoms with Gasteiger partial charge in [-0.25, -0.2) is 19.3 Å². The summed E-state index contributed by atoms with van der Waals surface area (Å²) in [6, 6.07) is 7.92. The Labute approximate surface area is 146 Å². The van der Waals surface area contributed by atoms with Gasteiger partial charge in [0, 0.05) is 22.8 Å². The summed E-state index contributed by atoms with van der Waals surface area (Å²) in [4.78, 5) is 24.7. The number of thioether (sulfide) groups is 1. The second-order valence-corrected chi connectivity index (χ2v) is 6.75. The second kappa shape index (κ2) is 7.50. The van der Waals surface area contributed by atoms with Crippen LogP contribution in [0.2, 0.25) is 0 Å². The molecule has 0 bridgehead atoms. The van der Waals surface area contributed by atoms with Gasteiger partial charge in [0.15, 0.2) is 11.0 Å². The van der Waals surface area contributed by atoms with Gasteiger partial charge >= 0.3 is 0 Å². The number of hydrogen-bond donors (Lipinski definition) is 1. The predicted octanol–water partition coefficient (Wildman–Crippen LogP) is 3.78. The van der Waals surface area contributed by atoms with E-state index in [1.807, 2.05) is 6.92 Å². The lowest BCUT2D eigenvalue weighted by Crippen LogP contribution is -2.13. The van der Waals surface area contributed by atoms with Crippen molar-refractivity contribution in [2.75, 3.05) is 11.1 Å². The fourth-order valence-corrected chi connectivity index (χ4v) is 3.25. The molecule has 0 saturated heterocycles. The number of rotatable bonds is 5. The number of aryl methyl sites for hydroxylation is 1. The highest BCUT2D eigenvalue weighted by molar-refractivity contribution is 7.99. The Bertz CT molecular complexity index is 855. The lowest BCUT2D eigenvalue weighted by Gasteiger charge is -2.06. The summed E-state index contributed by atoms with van der Waals surface area (Å²) < 4.78 is 13.4. The van der Waals surface area contributed by atoms with Crippen molar-refractivity contribution in [2.24, 2.45) is 0 Å². The van der Waals surface area contributed by atoms with Crippen LogP contribution in [-0.2, 0) is 4.79 Å². The smallest absolute Gasteiger partial charge is 0.236 e. The Hall–Kier alpha value is -2.32. The van der Waals surface area contributed by atoms with Crippen LogP contribution in [0.15, 0.2) is 46.9 Å². The highest BCUT2D eigenvalue weighted by atomic mass is 32.2. The molecule has 1 amide bonds. The van der Waals surface area contributed by atoms with E-state index in [-0.39, 0.29) is 17.5 Å². The summed E-state index contributed by atoms with van der Waals surface area (Å²) in [5, 5.41) is 5.74. The monoisotopic (exact) mass is 360 g/mol. The number of nitrogens with zero attached hydrogens (tertiary/aromatic N) is 3. The maximum atomic E-state index is 13.4. The SMILES string of the molecule is Cc1cc(SCC(=O)Nc2nccs2)nc(-c2cccc(F)c2)n1. The molecule has 0 radical (unpaired) electrons. The lowest BCUT2D eigenvalue weighted by molar-refractivity contribution is -0.113. The molecule has 8 heteroatoms. The van der Waals surface area contributed by atoms with Crippen LogP contribution in [0.3, 0.4) is 0 Å². The number of nitrogens with one attached hydrogen (secondary N) is 1. The normalized spacial score (nSPS) is 10.6. The van der Waals surface area contributed by atoms with Crippen LogP contribution in [0.25, 0.3) is 11.4 Å². The number of aromatic nitrogens is 3. The molecular formula is C16H13FN4OS2. The van der Waals surface area contributed by atoms with Crippen molar-refractivity contribution in [3.63, 3.8) is 0 Å². The molecule has 24 heavy (non-hydrogen) atoms. The minimum absolute atomic E-state index is 0.154. The Morgan fingerprint density at radius 3 is 2.96 bits per heavy atom. The number of amides is 1. The number of hydrogen-bond acceptors (Lipinski definition) is 6. The van der Waals surface area contributed by atoms with Gasteiger partial charge in [-0.1, -0.05) is 23.9 Å². The van der Waals surface area contributed by atoms with E-state index in [1.165, 1.54) is 35.2 Å². The standard InChI is InChI=1S/C16H13FN4OS2/c1-10-7-14(24-9-13(22)20-16-18-5-6-23-16)21-15(19-10)11-3-2-4-12(17)8-11/h2-8H,9H2,1H3,(H,18,20,22). The maximum Gasteiger partial charge on any atom is 0.236 e. The topological polar surface area (TPSA) is 67.8 Å². The van der Waals surface area contributed by atoms with Crippen molar-refractivity contribution in [3.05, 3.63) is 53.4 Å². The molecule has 3 aromatic rings. The van der Waals surface area contributed by atoms with Gasteiger partial charge in [0.25, 0.3) is 0 Å². The molecule has 3 rings (SSSR count). The molecular weight excluding hydrogens is 347 g/mol. The van der Waals surface area contributed by atoms with Gasteiger partial charge in [0.2, 0.25) is 5.91 Å². The number of carbonyl (C=O) groups excluding carboxylic acids is 1. The quantitative estimate of drug-likeness (QED) is 0.554. The number of benzene rings is 1. The van der Waals surface area contributed by atoms with Gasteiger partial charge in [-0.05, 0) is 25.1 Å². The van der Waals surface area contributed by atoms with Crippen LogP contribution in [0.4, 0.5) is 9.52 Å². The average Bonchev–Trinajstić information content (AvgIpc) is 3.05. The summed E-state index contributed by atoms with van der Waals surface area (Å²) in [5.74, 6) is 0.156. The minimum atomic E-state index is -0.338. The highest BCUT2D eigenvalue weighted by Crippen LogP contribution is 2.22. The molecule has 1 N–H and O–H groups in total. The zero-order valence-electron chi connectivity index (χ0n) is 12.7. The van der Waals surface area contributed by atoms with E-state index in [1.54, 1.807) is 29.8 Å². The maximum absolute atomic E-state index is 13.4. The zero-order valence-corrected chi connectivity index (χ0v) is 14.3. The lowest BCUT2D eigenvalue weighted by atomic mass is 10.2. The molecule has 0 unspecified atom stereocenters. The molecule has 0 aliphatic rings. The van der Waals surface area contributed by atoms with Crippen LogP contribution in [-0.4, -0.2) is 26.6 Å². The Morgan fingerprint density at radius 2 is 2.21 bits per heavy atom. The number of halogens is 1. The van der Waals surface area contributed by atoms with Gasteiger partial charge < -0.3 is 5.32 Å². The molecule has 0 fully saturated rings. The molecule has 0 aliphatic heterocycles. The Morgan fingerprint density at radius 1 is 1.33 bits per heavy atom. The van der Waals surface area contributed by atoms with Crippen molar-refractivity contribution in [1.29, 1.82) is 0 Å².